The molecule has 9 heteroatoms. The van der Waals surface area contributed by atoms with Crippen LogP contribution in [0.3, 0.4) is 0 Å². The second kappa shape index (κ2) is 10.8. The van der Waals surface area contributed by atoms with Gasteiger partial charge in [-0.25, -0.2) is 0 Å². The van der Waals surface area contributed by atoms with Gasteiger partial charge < -0.3 is 20.6 Å². The number of benzene rings is 2. The smallest absolute Gasteiger partial charge is 0.244 e. The third-order valence-corrected chi connectivity index (χ3v) is 11.2. The van der Waals surface area contributed by atoms with Crippen LogP contribution in [-0.2, 0) is 27.5 Å². The number of halogens is 1. The standard InChI is InChI=1S/C28H32BrN3O4S/c1-2-19(16-33)32-24(26(35)31-15-18-11-7-4-8-12-18)28-13-20(29)23(37-28)21(22(28)27(32)36)25(34)30-14-17-9-5-3-6-10-17/h3-12,19-24,33H,2,13-16H2,1H3,(H,30,34)(H,31,35)/t19-,20?,21+,22-,23+,24?,28?/m0/s1. The second-order valence-corrected chi connectivity index (χ2v) is 12.8. The lowest BCUT2D eigenvalue weighted by Gasteiger charge is -2.37. The van der Waals surface area contributed by atoms with Crippen LogP contribution in [-0.4, -0.2) is 61.2 Å². The van der Waals surface area contributed by atoms with E-state index in [4.69, 9.17) is 0 Å². The highest BCUT2D eigenvalue weighted by Gasteiger charge is 2.76. The summed E-state index contributed by atoms with van der Waals surface area (Å²) in [4.78, 5) is 43.0. The van der Waals surface area contributed by atoms with Crippen molar-refractivity contribution in [3.63, 3.8) is 0 Å². The molecule has 3 heterocycles. The Labute approximate surface area is 229 Å². The number of carbonyl (C=O) groups is 3. The summed E-state index contributed by atoms with van der Waals surface area (Å²) in [5.41, 5.74) is 1.95. The van der Waals surface area contributed by atoms with E-state index in [-0.39, 0.29) is 34.4 Å². The van der Waals surface area contributed by atoms with E-state index in [1.54, 1.807) is 16.7 Å². The molecule has 37 heavy (non-hydrogen) atoms. The summed E-state index contributed by atoms with van der Waals surface area (Å²) in [5, 5.41) is 16.1. The summed E-state index contributed by atoms with van der Waals surface area (Å²) < 4.78 is -0.728. The van der Waals surface area contributed by atoms with Crippen LogP contribution in [0.4, 0.5) is 0 Å². The Morgan fingerprint density at radius 2 is 1.62 bits per heavy atom. The molecule has 7 nitrogen and oxygen atoms in total. The fourth-order valence-corrected chi connectivity index (χ4v) is 9.86. The maximum atomic E-state index is 14.0. The molecule has 0 aliphatic carbocycles. The van der Waals surface area contributed by atoms with Crippen molar-refractivity contribution in [2.24, 2.45) is 11.8 Å². The third kappa shape index (κ3) is 4.59. The summed E-state index contributed by atoms with van der Waals surface area (Å²) in [5.74, 6) is -1.75. The number of hydrogen-bond acceptors (Lipinski definition) is 5. The molecule has 0 radical (unpaired) electrons. The number of nitrogens with one attached hydrogen (secondary N) is 2. The van der Waals surface area contributed by atoms with Crippen LogP contribution in [0.2, 0.25) is 0 Å². The molecular formula is C28H32BrN3O4S. The van der Waals surface area contributed by atoms with Crippen molar-refractivity contribution in [1.29, 1.82) is 0 Å². The molecule has 3 fully saturated rings. The number of nitrogens with zero attached hydrogens (tertiary/aromatic N) is 1. The zero-order chi connectivity index (χ0) is 26.2. The first-order valence-corrected chi connectivity index (χ1v) is 14.6. The number of alkyl halides is 1. The van der Waals surface area contributed by atoms with Gasteiger partial charge in [0.1, 0.15) is 6.04 Å². The molecule has 3 aliphatic heterocycles. The maximum Gasteiger partial charge on any atom is 0.244 e. The van der Waals surface area contributed by atoms with Crippen molar-refractivity contribution in [3.8, 4) is 0 Å². The topological polar surface area (TPSA) is 98.7 Å². The van der Waals surface area contributed by atoms with Crippen LogP contribution in [0.15, 0.2) is 60.7 Å². The lowest BCUT2D eigenvalue weighted by Crippen LogP contribution is -2.56. The highest BCUT2D eigenvalue weighted by molar-refractivity contribution is 9.09. The first-order valence-electron chi connectivity index (χ1n) is 12.8. The minimum atomic E-state index is -0.757. The van der Waals surface area contributed by atoms with Crippen LogP contribution in [0.5, 0.6) is 0 Å². The highest BCUT2D eigenvalue weighted by atomic mass is 79.9. The molecule has 196 valence electrons. The molecule has 1 spiro atoms. The van der Waals surface area contributed by atoms with Crippen LogP contribution in [0.1, 0.15) is 30.9 Å². The number of amides is 3. The van der Waals surface area contributed by atoms with Gasteiger partial charge >= 0.3 is 0 Å². The van der Waals surface area contributed by atoms with Crippen molar-refractivity contribution in [3.05, 3.63) is 71.8 Å². The average molecular weight is 587 g/mol. The zero-order valence-corrected chi connectivity index (χ0v) is 23.1. The van der Waals surface area contributed by atoms with Gasteiger partial charge in [0.05, 0.1) is 29.2 Å². The van der Waals surface area contributed by atoms with Crippen molar-refractivity contribution >= 4 is 45.4 Å². The predicted molar refractivity (Wildman–Crippen MR) is 147 cm³/mol. The Morgan fingerprint density at radius 1 is 1.05 bits per heavy atom. The number of hydrogen-bond donors (Lipinski definition) is 3. The summed E-state index contributed by atoms with van der Waals surface area (Å²) in [6, 6.07) is 18.1. The molecule has 3 saturated heterocycles. The average Bonchev–Trinajstić information content (AvgIpc) is 3.51. The van der Waals surface area contributed by atoms with Gasteiger partial charge in [-0.2, -0.15) is 0 Å². The predicted octanol–water partition coefficient (Wildman–Crippen LogP) is 2.85. The van der Waals surface area contributed by atoms with Crippen molar-refractivity contribution in [2.45, 2.75) is 59.8 Å². The van der Waals surface area contributed by atoms with Gasteiger partial charge in [0.2, 0.25) is 17.7 Å². The molecule has 3 amide bonds. The fourth-order valence-electron chi connectivity index (χ4n) is 6.26. The lowest BCUT2D eigenvalue weighted by molar-refractivity contribution is -0.142. The lowest BCUT2D eigenvalue weighted by atomic mass is 9.70. The van der Waals surface area contributed by atoms with Gasteiger partial charge in [-0.05, 0) is 24.0 Å². The number of aliphatic hydroxyl groups excluding tert-OH is 1. The molecule has 2 aromatic rings. The van der Waals surface area contributed by atoms with Crippen LogP contribution in [0.25, 0.3) is 0 Å². The Kier molecular flexibility index (Phi) is 7.65. The first-order chi connectivity index (χ1) is 17.9. The largest absolute Gasteiger partial charge is 0.394 e. The first kappa shape index (κ1) is 26.3. The Morgan fingerprint density at radius 3 is 2.16 bits per heavy atom. The Balaban J connectivity index is 1.44. The van der Waals surface area contributed by atoms with Crippen molar-refractivity contribution in [2.75, 3.05) is 6.61 Å². The number of fused-ring (bicyclic) bond motifs is 1. The van der Waals surface area contributed by atoms with Crippen LogP contribution >= 0.6 is 27.7 Å². The molecule has 7 atom stereocenters. The summed E-state index contributed by atoms with van der Waals surface area (Å²) in [7, 11) is 0. The van der Waals surface area contributed by atoms with E-state index < -0.39 is 28.7 Å². The fraction of sp³-hybridized carbons (Fsp3) is 0.464. The molecule has 5 rings (SSSR count). The number of thioether (sulfide) groups is 1. The highest BCUT2D eigenvalue weighted by Crippen LogP contribution is 2.68. The third-order valence-electron chi connectivity index (χ3n) is 7.97. The van der Waals surface area contributed by atoms with E-state index in [1.807, 2.05) is 67.6 Å². The molecule has 0 aromatic heterocycles. The zero-order valence-electron chi connectivity index (χ0n) is 20.7. The van der Waals surface area contributed by atoms with Crippen molar-refractivity contribution in [1.82, 2.24) is 15.5 Å². The van der Waals surface area contributed by atoms with Gasteiger partial charge in [0.15, 0.2) is 0 Å². The molecule has 2 bridgehead atoms. The quantitative estimate of drug-likeness (QED) is 0.393. The monoisotopic (exact) mass is 585 g/mol. The SMILES string of the molecule is CC[C@@H](CO)N1C(=O)[C@@H]2[C@@H](C(=O)NCc3ccccc3)[C@@H]3SC2(CC3Br)C1C(=O)NCc1ccccc1. The van der Waals surface area contributed by atoms with E-state index in [9.17, 15) is 19.5 Å². The molecule has 3 unspecified atom stereocenters. The maximum absolute atomic E-state index is 14.0. The number of likely N-dealkylation sites (tertiary alicyclic amines) is 1. The Hall–Kier alpha value is -2.36. The number of carbonyl (C=O) groups excluding carboxylic acids is 3. The van der Waals surface area contributed by atoms with E-state index in [2.05, 4.69) is 26.6 Å². The molecule has 2 aromatic carbocycles. The van der Waals surface area contributed by atoms with Gasteiger partial charge in [0, 0.05) is 23.2 Å². The van der Waals surface area contributed by atoms with Gasteiger partial charge in [-0.3, -0.25) is 14.4 Å². The van der Waals surface area contributed by atoms with Gasteiger partial charge in [0.25, 0.3) is 0 Å². The normalized spacial score (nSPS) is 30.7. The van der Waals surface area contributed by atoms with E-state index in [0.29, 0.717) is 25.9 Å². The minimum Gasteiger partial charge on any atom is -0.394 e. The summed E-state index contributed by atoms with van der Waals surface area (Å²) in [6.07, 6.45) is 1.13. The van der Waals surface area contributed by atoms with Gasteiger partial charge in [-0.15, -0.1) is 11.8 Å². The van der Waals surface area contributed by atoms with Crippen LogP contribution < -0.4 is 10.6 Å². The van der Waals surface area contributed by atoms with Crippen molar-refractivity contribution < 1.29 is 19.5 Å². The van der Waals surface area contributed by atoms with Gasteiger partial charge in [-0.1, -0.05) is 83.5 Å². The molecule has 0 saturated carbocycles. The van der Waals surface area contributed by atoms with E-state index >= 15 is 0 Å². The molecule has 3 aliphatic rings. The van der Waals surface area contributed by atoms with E-state index in [1.165, 1.54) is 0 Å². The molecular weight excluding hydrogens is 554 g/mol. The summed E-state index contributed by atoms with van der Waals surface area (Å²) in [6.45, 7) is 2.40. The molecule has 3 N–H and O–H groups in total. The van der Waals surface area contributed by atoms with E-state index in [0.717, 1.165) is 11.1 Å². The second-order valence-electron chi connectivity index (χ2n) is 10.1. The number of rotatable bonds is 9. The minimum absolute atomic E-state index is 0.00704. The summed E-state index contributed by atoms with van der Waals surface area (Å²) >= 11 is 5.39. The Bertz CT molecular complexity index is 1150. The number of aliphatic hydroxyl groups is 1. The van der Waals surface area contributed by atoms with Crippen LogP contribution in [0, 0.1) is 11.8 Å².